The van der Waals surface area contributed by atoms with Crippen LogP contribution in [0.3, 0.4) is 0 Å². The average molecular weight is 1240 g/mol. The average Bonchev–Trinajstić information content (AvgIpc) is 1.11. The number of aliphatic hydroxyl groups excluding tert-OH is 2. The monoisotopic (exact) mass is 1240 g/mol. The summed E-state index contributed by atoms with van der Waals surface area (Å²) in [5, 5.41) is 52.1. The molecule has 0 radical (unpaired) electrons. The minimum absolute atomic E-state index is 0.0693. The summed E-state index contributed by atoms with van der Waals surface area (Å²) < 4.78 is 69.9. The van der Waals surface area contributed by atoms with Gasteiger partial charge in [0.1, 0.15) is 64.6 Å². The SMILES string of the molecule is CC(=O)OC1[C@@H](O[C@@H]2C(O)C(O[C@H]3OC(CNC(=O)OC(C)(C)C)CCC3NC(=O)OC(C)(C)C)[C@@H](NC(=O)OC(C)(C)C)C[C@H]2NC(=O)[C@H](CCNC(=O)OC(C)(C)C)OC(C)=O)OC(C(O)C[N+](=O)[O-])[C@@H](OC(C)=O)[C@@H]1NC(=O)OC(C)(C)C. The molecule has 32 heteroatoms. The van der Waals surface area contributed by atoms with Crippen LogP contribution in [0.5, 0.6) is 0 Å². The van der Waals surface area contributed by atoms with Gasteiger partial charge in [-0.3, -0.25) is 29.3 Å². The summed E-state index contributed by atoms with van der Waals surface area (Å²) in [6.45, 7) is 24.9. The van der Waals surface area contributed by atoms with E-state index in [4.69, 9.17) is 56.8 Å². The van der Waals surface area contributed by atoms with Crippen molar-refractivity contribution in [1.29, 1.82) is 0 Å². The summed E-state index contributed by atoms with van der Waals surface area (Å²) in [5.74, 6) is -4.21. The number of amides is 6. The predicted octanol–water partition coefficient (Wildman–Crippen LogP) is 2.79. The van der Waals surface area contributed by atoms with Crippen molar-refractivity contribution in [3.8, 4) is 0 Å². The Kier molecular flexibility index (Phi) is 26.4. The number of ether oxygens (including phenoxy) is 12. The Morgan fingerprint density at radius 2 is 1.00 bits per heavy atom. The third kappa shape index (κ3) is 26.6. The normalized spacial score (nSPS) is 27.0. The molecule has 3 aliphatic rings. The zero-order valence-corrected chi connectivity index (χ0v) is 52.3. The molecule has 0 aromatic heterocycles. The van der Waals surface area contributed by atoms with Crippen LogP contribution in [0.2, 0.25) is 0 Å². The van der Waals surface area contributed by atoms with Gasteiger partial charge in [-0.15, -0.1) is 0 Å². The fourth-order valence-electron chi connectivity index (χ4n) is 8.99. The highest BCUT2D eigenvalue weighted by Gasteiger charge is 2.58. The van der Waals surface area contributed by atoms with Crippen LogP contribution in [0.4, 0.5) is 24.0 Å². The number of rotatable bonds is 20. The van der Waals surface area contributed by atoms with Gasteiger partial charge in [0.05, 0.1) is 24.2 Å². The van der Waals surface area contributed by atoms with Crippen LogP contribution in [0.25, 0.3) is 0 Å². The molecule has 6 amide bonds. The van der Waals surface area contributed by atoms with Crippen molar-refractivity contribution < 1.29 is 115 Å². The van der Waals surface area contributed by atoms with Gasteiger partial charge in [0, 0.05) is 45.2 Å². The van der Waals surface area contributed by atoms with Gasteiger partial charge < -0.3 is 99.0 Å². The van der Waals surface area contributed by atoms with E-state index in [2.05, 4.69) is 31.9 Å². The number of esters is 3. The first-order valence-electron chi connectivity index (χ1n) is 28.1. The fourth-order valence-corrected chi connectivity index (χ4v) is 8.99. The maximum absolute atomic E-state index is 14.6. The zero-order valence-electron chi connectivity index (χ0n) is 52.3. The number of hydrogen-bond acceptors (Lipinski definition) is 25. The maximum atomic E-state index is 14.6. The van der Waals surface area contributed by atoms with E-state index in [-0.39, 0.29) is 25.9 Å². The summed E-state index contributed by atoms with van der Waals surface area (Å²) in [6, 6.07) is -6.16. The van der Waals surface area contributed by atoms with Crippen molar-refractivity contribution in [1.82, 2.24) is 31.9 Å². The molecule has 1 saturated carbocycles. The number of nitrogens with one attached hydrogen (secondary N) is 6. The predicted molar refractivity (Wildman–Crippen MR) is 296 cm³/mol. The highest BCUT2D eigenvalue weighted by atomic mass is 16.7. The van der Waals surface area contributed by atoms with Gasteiger partial charge in [-0.25, -0.2) is 24.0 Å². The largest absolute Gasteiger partial charge is 0.457 e. The Bertz CT molecular complexity index is 2360. The topological polar surface area (TPSA) is 420 Å². The molecule has 32 nitrogen and oxygen atoms in total. The molecule has 2 saturated heterocycles. The molecule has 8 N–H and O–H groups in total. The second kappa shape index (κ2) is 30.8. The molecular formula is C54H91N7O25. The van der Waals surface area contributed by atoms with Crippen molar-refractivity contribution in [3.05, 3.63) is 10.1 Å². The van der Waals surface area contributed by atoms with Gasteiger partial charge in [0.25, 0.3) is 5.91 Å². The van der Waals surface area contributed by atoms with Crippen LogP contribution in [0.15, 0.2) is 0 Å². The maximum Gasteiger partial charge on any atom is 0.408 e. The Morgan fingerprint density at radius 1 is 0.558 bits per heavy atom. The Morgan fingerprint density at radius 3 is 1.48 bits per heavy atom. The molecule has 86 heavy (non-hydrogen) atoms. The third-order valence-corrected chi connectivity index (χ3v) is 11.9. The quantitative estimate of drug-likeness (QED) is 0.0376. The molecule has 15 atom stereocenters. The molecule has 1 aliphatic carbocycles. The minimum atomic E-state index is -2.22. The smallest absolute Gasteiger partial charge is 0.408 e. The summed E-state index contributed by atoms with van der Waals surface area (Å²) in [5.41, 5.74) is -5.16. The van der Waals surface area contributed by atoms with E-state index >= 15 is 0 Å². The lowest BCUT2D eigenvalue weighted by atomic mass is 9.82. The highest BCUT2D eigenvalue weighted by Crippen LogP contribution is 2.36. The summed E-state index contributed by atoms with van der Waals surface area (Å²) in [4.78, 5) is 131. The number of alkyl carbamates (subject to hydrolysis) is 5. The molecule has 3 fully saturated rings. The molecule has 7 unspecified atom stereocenters. The molecule has 492 valence electrons. The first kappa shape index (κ1) is 73.6. The van der Waals surface area contributed by atoms with Gasteiger partial charge in [-0.2, -0.15) is 0 Å². The van der Waals surface area contributed by atoms with Crippen LogP contribution in [0.1, 0.15) is 150 Å². The van der Waals surface area contributed by atoms with E-state index in [0.717, 1.165) is 20.8 Å². The number of aliphatic hydroxyl groups is 2. The molecule has 0 aromatic carbocycles. The molecule has 0 bridgehead atoms. The lowest BCUT2D eigenvalue weighted by Gasteiger charge is -2.50. The van der Waals surface area contributed by atoms with Crippen LogP contribution >= 0.6 is 0 Å². The lowest BCUT2D eigenvalue weighted by molar-refractivity contribution is -0.495. The Hall–Kier alpha value is -6.61. The number of nitrogens with zero attached hydrogens (tertiary/aromatic N) is 1. The van der Waals surface area contributed by atoms with Crippen LogP contribution in [0, 0.1) is 10.1 Å². The van der Waals surface area contributed by atoms with E-state index in [1.165, 1.54) is 20.8 Å². The number of hydrogen-bond donors (Lipinski definition) is 8. The van der Waals surface area contributed by atoms with Gasteiger partial charge >= 0.3 is 48.4 Å². The van der Waals surface area contributed by atoms with E-state index in [0.29, 0.717) is 0 Å². The fraction of sp³-hybridized carbons (Fsp3) is 0.833. The molecule has 0 spiro atoms. The molecule has 2 heterocycles. The Labute approximate surface area is 499 Å². The Balaban J connectivity index is 2.39. The molecular weight excluding hydrogens is 1150 g/mol. The van der Waals surface area contributed by atoms with E-state index in [1.807, 2.05) is 0 Å². The lowest BCUT2D eigenvalue weighted by Crippen LogP contribution is -2.72. The summed E-state index contributed by atoms with van der Waals surface area (Å²) >= 11 is 0. The van der Waals surface area contributed by atoms with Crippen molar-refractivity contribution in [2.45, 2.75) is 270 Å². The summed E-state index contributed by atoms with van der Waals surface area (Å²) in [7, 11) is 0. The number of carbonyl (C=O) groups is 9. The van der Waals surface area contributed by atoms with Crippen molar-refractivity contribution in [3.63, 3.8) is 0 Å². The van der Waals surface area contributed by atoms with Crippen molar-refractivity contribution in [2.24, 2.45) is 0 Å². The second-order valence-corrected chi connectivity index (χ2v) is 25.8. The van der Waals surface area contributed by atoms with Crippen molar-refractivity contribution in [2.75, 3.05) is 19.6 Å². The van der Waals surface area contributed by atoms with Gasteiger partial charge in [0.15, 0.2) is 30.9 Å². The molecule has 0 aromatic rings. The van der Waals surface area contributed by atoms with Gasteiger partial charge in [-0.05, 0) is 123 Å². The van der Waals surface area contributed by atoms with Crippen molar-refractivity contribution >= 4 is 54.3 Å². The van der Waals surface area contributed by atoms with Crippen LogP contribution in [-0.4, -0.2) is 209 Å². The minimum Gasteiger partial charge on any atom is -0.457 e. The number of nitro groups is 1. The molecule has 2 aliphatic heterocycles. The second-order valence-electron chi connectivity index (χ2n) is 25.8. The standard InChI is InChI=1S/C54H91N7O25/c1-26(62)75-34(21-22-55-45(68)82-50(4,5)6)42(67)57-31-23-32(59-48(71)85-53(13,14)15)38(79-43-30(58-47(70)84-52(10,11)12)20-19-29(78-43)24-56-46(69)83-51(7,8)9)36(66)37(31)80-44-41(77-28(3)64)35(60-49(72)86-54(16,17)18)40(76-27(2)63)39(81-44)33(65)25-61(73)74/h29-41,43-44,65-66H,19-25H2,1-18H3,(H,55,68)(H,56,69)(H,57,67)(H,58,70)(H,59,71)(H,60,72)/t29?,30?,31-,32+,33?,34+,35+,36?,37+,38?,39?,40+,41?,43-,44+/m1/s1. The van der Waals surface area contributed by atoms with E-state index in [9.17, 15) is 63.5 Å². The number of carbonyl (C=O) groups excluding carboxylic acids is 9. The third-order valence-electron chi connectivity index (χ3n) is 11.9. The van der Waals surface area contributed by atoms with Crippen LogP contribution < -0.4 is 31.9 Å². The molecule has 3 rings (SSSR count). The van der Waals surface area contributed by atoms with Crippen LogP contribution in [-0.2, 0) is 76.0 Å². The summed E-state index contributed by atoms with van der Waals surface area (Å²) in [6.07, 6.45) is -26.3. The first-order valence-corrected chi connectivity index (χ1v) is 28.1. The van der Waals surface area contributed by atoms with Gasteiger partial charge in [-0.1, -0.05) is 0 Å². The van der Waals surface area contributed by atoms with E-state index < -0.39 is 198 Å². The van der Waals surface area contributed by atoms with Gasteiger partial charge in [0.2, 0.25) is 6.54 Å². The first-order chi connectivity index (χ1) is 39.3. The van der Waals surface area contributed by atoms with E-state index in [1.54, 1.807) is 83.1 Å². The zero-order chi connectivity index (χ0) is 65.6. The highest BCUT2D eigenvalue weighted by molar-refractivity contribution is 5.84.